The number of methoxy groups -OCH3 is 1. The Hall–Kier alpha value is -0.820. The molecule has 0 aliphatic carbocycles. The molecule has 0 aromatic heterocycles. The van der Waals surface area contributed by atoms with Crippen LogP contribution in [0.2, 0.25) is 0 Å². The van der Waals surface area contributed by atoms with E-state index in [0.29, 0.717) is 5.41 Å². The van der Waals surface area contributed by atoms with E-state index in [9.17, 15) is 0 Å². The standard InChI is InChI=1S/C15H24O.2C2H6/c1-13-7-5-8-14(11-13)9-6-10-15(2,3)12-16-4;2*1-2/h5,7-8,11H,6,9-10,12H2,1-4H3;2*1-2H3. The molecule has 1 rings (SSSR count). The Labute approximate surface area is 127 Å². The van der Waals surface area contributed by atoms with Crippen LogP contribution in [0.15, 0.2) is 24.3 Å². The maximum absolute atomic E-state index is 5.23. The van der Waals surface area contributed by atoms with Crippen molar-refractivity contribution < 1.29 is 4.74 Å². The summed E-state index contributed by atoms with van der Waals surface area (Å²) in [5.74, 6) is 0. The monoisotopic (exact) mass is 280 g/mol. The molecule has 1 nitrogen and oxygen atoms in total. The van der Waals surface area contributed by atoms with E-state index in [4.69, 9.17) is 4.74 Å². The smallest absolute Gasteiger partial charge is 0.0513 e. The van der Waals surface area contributed by atoms with Gasteiger partial charge in [-0.1, -0.05) is 71.4 Å². The summed E-state index contributed by atoms with van der Waals surface area (Å²) in [6.07, 6.45) is 3.63. The SMILES string of the molecule is CC.CC.COCC(C)(C)CCCc1cccc(C)c1. The van der Waals surface area contributed by atoms with Gasteiger partial charge in [0.25, 0.3) is 0 Å². The highest BCUT2D eigenvalue weighted by Gasteiger charge is 2.16. The van der Waals surface area contributed by atoms with Crippen LogP contribution in [0.4, 0.5) is 0 Å². The van der Waals surface area contributed by atoms with Crippen molar-refractivity contribution >= 4 is 0 Å². The minimum absolute atomic E-state index is 0.304. The van der Waals surface area contributed by atoms with E-state index < -0.39 is 0 Å². The van der Waals surface area contributed by atoms with E-state index >= 15 is 0 Å². The topological polar surface area (TPSA) is 9.23 Å². The van der Waals surface area contributed by atoms with Crippen LogP contribution in [0, 0.1) is 12.3 Å². The van der Waals surface area contributed by atoms with Crippen LogP contribution in [0.1, 0.15) is 65.5 Å². The van der Waals surface area contributed by atoms with Gasteiger partial charge in [0.1, 0.15) is 0 Å². The van der Waals surface area contributed by atoms with Gasteiger partial charge in [-0.2, -0.15) is 0 Å². The number of rotatable bonds is 6. The van der Waals surface area contributed by atoms with Crippen LogP contribution >= 0.6 is 0 Å². The fourth-order valence-corrected chi connectivity index (χ4v) is 2.10. The van der Waals surface area contributed by atoms with Crippen molar-refractivity contribution in [3.05, 3.63) is 35.4 Å². The Balaban J connectivity index is 0. The molecule has 0 unspecified atom stereocenters. The number of ether oxygens (including phenoxy) is 1. The van der Waals surface area contributed by atoms with Gasteiger partial charge in [0.15, 0.2) is 0 Å². The fraction of sp³-hybridized carbons (Fsp3) is 0.684. The minimum atomic E-state index is 0.304. The highest BCUT2D eigenvalue weighted by atomic mass is 16.5. The predicted molar refractivity (Wildman–Crippen MR) is 92.5 cm³/mol. The lowest BCUT2D eigenvalue weighted by Gasteiger charge is -2.23. The van der Waals surface area contributed by atoms with Gasteiger partial charge in [-0.15, -0.1) is 0 Å². The number of hydrogen-bond donors (Lipinski definition) is 0. The largest absolute Gasteiger partial charge is 0.384 e. The number of hydrogen-bond acceptors (Lipinski definition) is 1. The zero-order valence-corrected chi connectivity index (χ0v) is 15.0. The Morgan fingerprint density at radius 3 is 2.15 bits per heavy atom. The molecule has 0 amide bonds. The second kappa shape index (κ2) is 13.2. The first kappa shape index (κ1) is 21.5. The van der Waals surface area contributed by atoms with Crippen molar-refractivity contribution in [2.75, 3.05) is 13.7 Å². The van der Waals surface area contributed by atoms with Crippen LogP contribution in [0.3, 0.4) is 0 Å². The highest BCUT2D eigenvalue weighted by molar-refractivity contribution is 5.22. The van der Waals surface area contributed by atoms with E-state index in [1.807, 2.05) is 27.7 Å². The molecule has 0 radical (unpaired) electrons. The van der Waals surface area contributed by atoms with Crippen molar-refractivity contribution in [1.29, 1.82) is 0 Å². The van der Waals surface area contributed by atoms with Crippen molar-refractivity contribution in [3.63, 3.8) is 0 Å². The summed E-state index contributed by atoms with van der Waals surface area (Å²) in [7, 11) is 1.78. The molecule has 0 atom stereocenters. The summed E-state index contributed by atoms with van der Waals surface area (Å²) < 4.78 is 5.23. The van der Waals surface area contributed by atoms with Crippen molar-refractivity contribution in [3.8, 4) is 0 Å². The normalized spacial score (nSPS) is 10.0. The van der Waals surface area contributed by atoms with Crippen molar-refractivity contribution in [1.82, 2.24) is 0 Å². The molecule has 1 heteroatoms. The summed E-state index contributed by atoms with van der Waals surface area (Å²) >= 11 is 0. The van der Waals surface area contributed by atoms with Crippen molar-refractivity contribution in [2.24, 2.45) is 5.41 Å². The van der Waals surface area contributed by atoms with Crippen LogP contribution in [-0.2, 0) is 11.2 Å². The predicted octanol–water partition coefficient (Wildman–Crippen LogP) is 6.04. The third-order valence-electron chi connectivity index (χ3n) is 2.94. The Morgan fingerprint density at radius 2 is 1.65 bits per heavy atom. The quantitative estimate of drug-likeness (QED) is 0.617. The average Bonchev–Trinajstić information content (AvgIpc) is 2.43. The lowest BCUT2D eigenvalue weighted by Crippen LogP contribution is -2.18. The van der Waals surface area contributed by atoms with Crippen LogP contribution in [0.5, 0.6) is 0 Å². The lowest BCUT2D eigenvalue weighted by molar-refractivity contribution is 0.0968. The van der Waals surface area contributed by atoms with Gasteiger partial charge in [0.05, 0.1) is 6.61 Å². The summed E-state index contributed by atoms with van der Waals surface area (Å²) in [6.45, 7) is 15.5. The first-order chi connectivity index (χ1) is 9.53. The number of benzene rings is 1. The second-order valence-electron chi connectivity index (χ2n) is 5.44. The third-order valence-corrected chi connectivity index (χ3v) is 2.94. The van der Waals surface area contributed by atoms with Gasteiger partial charge in [-0.3, -0.25) is 0 Å². The summed E-state index contributed by atoms with van der Waals surface area (Å²) in [5, 5.41) is 0. The molecule has 0 aliphatic rings. The van der Waals surface area contributed by atoms with E-state index in [2.05, 4.69) is 45.0 Å². The molecule has 0 saturated heterocycles. The first-order valence-corrected chi connectivity index (χ1v) is 8.08. The average molecular weight is 280 g/mol. The molecule has 0 spiro atoms. The molecule has 1 aromatic carbocycles. The third kappa shape index (κ3) is 11.0. The van der Waals surface area contributed by atoms with E-state index in [1.54, 1.807) is 7.11 Å². The molecular formula is C19H36O. The molecule has 0 fully saturated rings. The van der Waals surface area contributed by atoms with Crippen LogP contribution in [-0.4, -0.2) is 13.7 Å². The van der Waals surface area contributed by atoms with Gasteiger partial charge in [0, 0.05) is 7.11 Å². The summed E-state index contributed by atoms with van der Waals surface area (Å²) in [4.78, 5) is 0. The van der Waals surface area contributed by atoms with E-state index in [-0.39, 0.29) is 0 Å². The van der Waals surface area contributed by atoms with E-state index in [0.717, 1.165) is 6.61 Å². The number of aryl methyl sites for hydroxylation is 2. The maximum atomic E-state index is 5.23. The van der Waals surface area contributed by atoms with Gasteiger partial charge in [-0.05, 0) is 37.2 Å². The molecule has 0 bridgehead atoms. The molecular weight excluding hydrogens is 244 g/mol. The van der Waals surface area contributed by atoms with Gasteiger partial charge in [0.2, 0.25) is 0 Å². The molecule has 118 valence electrons. The lowest BCUT2D eigenvalue weighted by atomic mass is 9.87. The van der Waals surface area contributed by atoms with E-state index in [1.165, 1.54) is 30.4 Å². The maximum Gasteiger partial charge on any atom is 0.0513 e. The molecule has 0 saturated carbocycles. The van der Waals surface area contributed by atoms with Crippen LogP contribution < -0.4 is 0 Å². The van der Waals surface area contributed by atoms with Crippen LogP contribution in [0.25, 0.3) is 0 Å². The van der Waals surface area contributed by atoms with Crippen molar-refractivity contribution in [2.45, 2.75) is 67.7 Å². The van der Waals surface area contributed by atoms with Gasteiger partial charge >= 0.3 is 0 Å². The molecule has 0 aliphatic heterocycles. The second-order valence-corrected chi connectivity index (χ2v) is 5.44. The Bertz CT molecular complexity index is 315. The van der Waals surface area contributed by atoms with Gasteiger partial charge in [-0.25, -0.2) is 0 Å². The molecule has 0 heterocycles. The molecule has 20 heavy (non-hydrogen) atoms. The zero-order valence-electron chi connectivity index (χ0n) is 15.0. The minimum Gasteiger partial charge on any atom is -0.384 e. The molecule has 1 aromatic rings. The zero-order chi connectivity index (χ0) is 16.0. The first-order valence-electron chi connectivity index (χ1n) is 8.08. The summed E-state index contributed by atoms with van der Waals surface area (Å²) in [5.41, 5.74) is 3.11. The Morgan fingerprint density at radius 1 is 1.05 bits per heavy atom. The highest BCUT2D eigenvalue weighted by Crippen LogP contribution is 2.23. The fourth-order valence-electron chi connectivity index (χ4n) is 2.10. The van der Waals surface area contributed by atoms with Gasteiger partial charge < -0.3 is 4.74 Å². The Kier molecular flexibility index (Phi) is 14.2. The molecule has 0 N–H and O–H groups in total. The summed E-state index contributed by atoms with van der Waals surface area (Å²) in [6, 6.07) is 8.79.